The highest BCUT2D eigenvalue weighted by Crippen LogP contribution is 2.34. The zero-order valence-electron chi connectivity index (χ0n) is 14.6. The number of benzene rings is 1. The summed E-state index contributed by atoms with van der Waals surface area (Å²) < 4.78 is 40.2. The van der Waals surface area contributed by atoms with Crippen LogP contribution in [0.25, 0.3) is 0 Å². The lowest BCUT2D eigenvalue weighted by Crippen LogP contribution is -2.55. The van der Waals surface area contributed by atoms with Gasteiger partial charge in [0.15, 0.2) is 0 Å². The second-order valence-corrected chi connectivity index (χ2v) is 6.84. The number of piperazine rings is 1. The molecule has 27 heavy (non-hydrogen) atoms. The third-order valence-corrected chi connectivity index (χ3v) is 4.61. The van der Waals surface area contributed by atoms with Gasteiger partial charge in [0.2, 0.25) is 11.8 Å². The Bertz CT molecular complexity index is 696. The molecule has 0 radical (unpaired) electrons. The van der Waals surface area contributed by atoms with Gasteiger partial charge in [-0.05, 0) is 37.1 Å². The van der Waals surface area contributed by atoms with E-state index in [2.05, 4.69) is 10.1 Å². The predicted octanol–water partition coefficient (Wildman–Crippen LogP) is 1.16. The first-order chi connectivity index (χ1) is 12.6. The van der Waals surface area contributed by atoms with Gasteiger partial charge < -0.3 is 20.7 Å². The highest BCUT2D eigenvalue weighted by atomic mass is 19.4. The van der Waals surface area contributed by atoms with Crippen LogP contribution in [-0.4, -0.2) is 66.2 Å². The molecule has 7 nitrogen and oxygen atoms in total. The van der Waals surface area contributed by atoms with E-state index < -0.39 is 11.9 Å². The van der Waals surface area contributed by atoms with Gasteiger partial charge in [0.25, 0.3) is 0 Å². The smallest absolute Gasteiger partial charge is 0.406 e. The van der Waals surface area contributed by atoms with E-state index in [-0.39, 0.29) is 24.1 Å². The Kier molecular flexibility index (Phi) is 5.29. The lowest BCUT2D eigenvalue weighted by atomic mass is 10.2. The van der Waals surface area contributed by atoms with Crippen LogP contribution < -0.4 is 15.8 Å². The molecule has 2 fully saturated rings. The van der Waals surface area contributed by atoms with Crippen molar-refractivity contribution in [2.75, 3.05) is 38.0 Å². The molecule has 0 spiro atoms. The van der Waals surface area contributed by atoms with Crippen LogP contribution in [0.3, 0.4) is 0 Å². The van der Waals surface area contributed by atoms with Crippen LogP contribution in [0.5, 0.6) is 5.75 Å². The van der Waals surface area contributed by atoms with Gasteiger partial charge in [-0.3, -0.25) is 14.5 Å². The van der Waals surface area contributed by atoms with Gasteiger partial charge >= 0.3 is 6.36 Å². The molecule has 2 amide bonds. The van der Waals surface area contributed by atoms with E-state index in [9.17, 15) is 22.8 Å². The first-order valence-corrected chi connectivity index (χ1v) is 8.61. The van der Waals surface area contributed by atoms with E-state index in [1.807, 2.05) is 4.90 Å². The lowest BCUT2D eigenvalue weighted by Gasteiger charge is -2.35. The fourth-order valence-electron chi connectivity index (χ4n) is 2.92. The summed E-state index contributed by atoms with van der Waals surface area (Å²) in [5.41, 5.74) is 5.62. The van der Waals surface area contributed by atoms with Crippen molar-refractivity contribution in [3.05, 3.63) is 24.3 Å². The fourth-order valence-corrected chi connectivity index (χ4v) is 2.92. The van der Waals surface area contributed by atoms with Crippen molar-refractivity contribution in [3.63, 3.8) is 0 Å². The minimum absolute atomic E-state index is 0.0206. The number of amides is 2. The van der Waals surface area contributed by atoms with Crippen molar-refractivity contribution >= 4 is 17.5 Å². The number of carbonyl (C=O) groups excluding carboxylic acids is 2. The number of nitrogens with zero attached hydrogens (tertiary/aromatic N) is 2. The second kappa shape index (κ2) is 7.35. The number of anilines is 1. The molecule has 3 rings (SSSR count). The van der Waals surface area contributed by atoms with Gasteiger partial charge in [0.1, 0.15) is 5.75 Å². The Morgan fingerprint density at radius 1 is 1.11 bits per heavy atom. The summed E-state index contributed by atoms with van der Waals surface area (Å²) >= 11 is 0. The van der Waals surface area contributed by atoms with Crippen LogP contribution in [0.1, 0.15) is 12.8 Å². The van der Waals surface area contributed by atoms with E-state index in [0.717, 1.165) is 25.0 Å². The molecule has 148 valence electrons. The monoisotopic (exact) mass is 386 g/mol. The molecule has 1 aromatic carbocycles. The van der Waals surface area contributed by atoms with Crippen LogP contribution in [0.2, 0.25) is 0 Å². The van der Waals surface area contributed by atoms with Crippen molar-refractivity contribution in [2.24, 2.45) is 5.73 Å². The van der Waals surface area contributed by atoms with Gasteiger partial charge in [-0.25, -0.2) is 0 Å². The number of nitrogens with two attached hydrogens (primary N) is 1. The van der Waals surface area contributed by atoms with Crippen LogP contribution >= 0.6 is 0 Å². The Balaban J connectivity index is 1.43. The highest BCUT2D eigenvalue weighted by Gasteiger charge is 2.48. The maximum atomic E-state index is 12.2. The third-order valence-electron chi connectivity index (χ3n) is 4.61. The average molecular weight is 386 g/mol. The SMILES string of the molecule is NC1(C(=O)N2CCN(CC(=O)Nc3ccc(OC(F)(F)F)cc3)CC2)CC1. The number of ether oxygens (including phenoxy) is 1. The fraction of sp³-hybridized carbons (Fsp3) is 0.529. The lowest BCUT2D eigenvalue weighted by molar-refractivity contribution is -0.274. The minimum atomic E-state index is -4.75. The van der Waals surface area contributed by atoms with Crippen LogP contribution in [0.4, 0.5) is 18.9 Å². The van der Waals surface area contributed by atoms with E-state index in [0.29, 0.717) is 31.9 Å². The summed E-state index contributed by atoms with van der Waals surface area (Å²) in [6, 6.07) is 4.94. The Morgan fingerprint density at radius 2 is 1.70 bits per heavy atom. The molecular formula is C17H21F3N4O3. The summed E-state index contributed by atoms with van der Waals surface area (Å²) in [7, 11) is 0. The zero-order chi connectivity index (χ0) is 19.7. The normalized spacial score (nSPS) is 19.5. The van der Waals surface area contributed by atoms with Crippen molar-refractivity contribution in [1.29, 1.82) is 0 Å². The second-order valence-electron chi connectivity index (χ2n) is 6.84. The summed E-state index contributed by atoms with van der Waals surface area (Å²) in [5.74, 6) is -0.654. The van der Waals surface area contributed by atoms with Gasteiger partial charge in [-0.15, -0.1) is 13.2 Å². The first kappa shape index (κ1) is 19.4. The summed E-state index contributed by atoms with van der Waals surface area (Å²) in [5, 5.41) is 2.63. The molecule has 0 unspecified atom stereocenters. The molecule has 1 aliphatic carbocycles. The van der Waals surface area contributed by atoms with Gasteiger partial charge in [0.05, 0.1) is 12.1 Å². The highest BCUT2D eigenvalue weighted by molar-refractivity contribution is 5.92. The topological polar surface area (TPSA) is 87.9 Å². The Labute approximate surface area is 154 Å². The Morgan fingerprint density at radius 3 is 2.22 bits per heavy atom. The third kappa shape index (κ3) is 5.33. The molecule has 1 saturated heterocycles. The molecular weight excluding hydrogens is 365 g/mol. The molecule has 10 heteroatoms. The van der Waals surface area contributed by atoms with E-state index in [1.54, 1.807) is 4.90 Å². The molecule has 2 aliphatic rings. The quantitative estimate of drug-likeness (QED) is 0.793. The van der Waals surface area contributed by atoms with Gasteiger partial charge in [-0.1, -0.05) is 0 Å². The standard InChI is InChI=1S/C17H21F3N4O3/c18-17(19,20)27-13-3-1-12(2-4-13)22-14(25)11-23-7-9-24(10-8-23)15(26)16(21)5-6-16/h1-4H,5-11,21H2,(H,22,25). The number of hydrogen-bond acceptors (Lipinski definition) is 5. The van der Waals surface area contributed by atoms with Gasteiger partial charge in [-0.2, -0.15) is 0 Å². The molecule has 1 heterocycles. The average Bonchev–Trinajstić information content (AvgIpc) is 3.34. The van der Waals surface area contributed by atoms with E-state index >= 15 is 0 Å². The minimum Gasteiger partial charge on any atom is -0.406 e. The molecule has 1 saturated carbocycles. The Hall–Kier alpha value is -2.33. The zero-order valence-corrected chi connectivity index (χ0v) is 14.6. The number of carbonyl (C=O) groups is 2. The van der Waals surface area contributed by atoms with Crippen molar-refractivity contribution in [3.8, 4) is 5.75 Å². The largest absolute Gasteiger partial charge is 0.573 e. The number of halogens is 3. The van der Waals surface area contributed by atoms with Crippen LogP contribution in [0.15, 0.2) is 24.3 Å². The first-order valence-electron chi connectivity index (χ1n) is 8.61. The molecule has 0 aromatic heterocycles. The number of rotatable bonds is 5. The summed E-state index contributed by atoms with van der Waals surface area (Å²) in [4.78, 5) is 28.0. The maximum absolute atomic E-state index is 12.2. The van der Waals surface area contributed by atoms with E-state index in [4.69, 9.17) is 5.73 Å². The van der Waals surface area contributed by atoms with Crippen molar-refractivity contribution in [1.82, 2.24) is 9.80 Å². The van der Waals surface area contributed by atoms with Crippen molar-refractivity contribution < 1.29 is 27.5 Å². The molecule has 0 atom stereocenters. The van der Waals surface area contributed by atoms with Crippen molar-refractivity contribution in [2.45, 2.75) is 24.7 Å². The maximum Gasteiger partial charge on any atom is 0.573 e. The summed E-state index contributed by atoms with van der Waals surface area (Å²) in [6.07, 6.45) is -3.31. The van der Waals surface area contributed by atoms with Crippen LogP contribution in [-0.2, 0) is 9.59 Å². The number of hydrogen-bond donors (Lipinski definition) is 2. The molecule has 1 aromatic rings. The van der Waals surface area contributed by atoms with E-state index in [1.165, 1.54) is 12.1 Å². The van der Waals surface area contributed by atoms with Gasteiger partial charge in [0, 0.05) is 31.9 Å². The number of alkyl halides is 3. The molecule has 1 aliphatic heterocycles. The van der Waals surface area contributed by atoms with Crippen LogP contribution in [0, 0.1) is 0 Å². The summed E-state index contributed by atoms with van der Waals surface area (Å²) in [6.45, 7) is 2.31. The molecule has 3 N–H and O–H groups in total. The predicted molar refractivity (Wildman–Crippen MR) is 90.9 cm³/mol. The molecule has 0 bridgehead atoms. The number of nitrogens with one attached hydrogen (secondary N) is 1.